The number of carbonyl (C=O) groups excluding carboxylic acids is 3. The molecule has 2 rings (SSSR count). The third kappa shape index (κ3) is 10.5. The molecule has 0 spiro atoms. The number of aromatic nitrogens is 2. The molecule has 11 nitrogen and oxygen atoms in total. The Kier molecular flexibility index (Phi) is 12.8. The van der Waals surface area contributed by atoms with Crippen molar-refractivity contribution in [2.75, 3.05) is 12.0 Å². The van der Waals surface area contributed by atoms with E-state index >= 15 is 0 Å². The SMILES string of the molecule is CSCCC(NC(=O)C(N)Cc1ccccc1)C(=O)NC(Cc1cnc[nH]1)C(=O)NC(CC(C)C)C(=O)O. The van der Waals surface area contributed by atoms with Crippen LogP contribution in [0.15, 0.2) is 42.9 Å². The predicted octanol–water partition coefficient (Wildman–Crippen LogP) is 0.860. The zero-order valence-corrected chi connectivity index (χ0v) is 22.8. The molecule has 0 aliphatic carbocycles. The molecule has 1 aromatic heterocycles. The van der Waals surface area contributed by atoms with Crippen LogP contribution in [0.4, 0.5) is 0 Å². The third-order valence-corrected chi connectivity index (χ3v) is 6.46. The van der Waals surface area contributed by atoms with Gasteiger partial charge in [0, 0.05) is 18.3 Å². The average Bonchev–Trinajstić information content (AvgIpc) is 3.38. The summed E-state index contributed by atoms with van der Waals surface area (Å²) in [5, 5.41) is 17.5. The van der Waals surface area contributed by atoms with Crippen molar-refractivity contribution < 1.29 is 24.3 Å². The number of thioether (sulfide) groups is 1. The van der Waals surface area contributed by atoms with Crippen molar-refractivity contribution in [3.8, 4) is 0 Å². The summed E-state index contributed by atoms with van der Waals surface area (Å²) in [6.45, 7) is 3.71. The average molecular weight is 547 g/mol. The Bertz CT molecular complexity index is 1030. The van der Waals surface area contributed by atoms with Gasteiger partial charge in [-0.25, -0.2) is 9.78 Å². The fourth-order valence-corrected chi connectivity index (χ4v) is 4.28. The van der Waals surface area contributed by atoms with Crippen molar-refractivity contribution in [2.45, 2.75) is 63.7 Å². The maximum Gasteiger partial charge on any atom is 0.326 e. The van der Waals surface area contributed by atoms with Crippen molar-refractivity contribution in [3.63, 3.8) is 0 Å². The molecule has 38 heavy (non-hydrogen) atoms. The molecular formula is C26H38N6O5S. The summed E-state index contributed by atoms with van der Waals surface area (Å²) < 4.78 is 0. The molecule has 3 amide bonds. The number of hydrogen-bond donors (Lipinski definition) is 6. The lowest BCUT2D eigenvalue weighted by Gasteiger charge is -2.25. The van der Waals surface area contributed by atoms with Crippen LogP contribution in [0.2, 0.25) is 0 Å². The van der Waals surface area contributed by atoms with Gasteiger partial charge in [-0.1, -0.05) is 44.2 Å². The highest BCUT2D eigenvalue weighted by atomic mass is 32.2. The largest absolute Gasteiger partial charge is 0.480 e. The first-order chi connectivity index (χ1) is 18.1. The van der Waals surface area contributed by atoms with E-state index in [2.05, 4.69) is 25.9 Å². The van der Waals surface area contributed by atoms with E-state index in [0.717, 1.165) is 5.56 Å². The molecule has 0 aliphatic heterocycles. The van der Waals surface area contributed by atoms with Gasteiger partial charge in [-0.3, -0.25) is 14.4 Å². The quantitative estimate of drug-likeness (QED) is 0.179. The predicted molar refractivity (Wildman–Crippen MR) is 146 cm³/mol. The zero-order valence-electron chi connectivity index (χ0n) is 22.0. The second kappa shape index (κ2) is 15.8. The van der Waals surface area contributed by atoms with Crippen LogP contribution in [0.3, 0.4) is 0 Å². The van der Waals surface area contributed by atoms with Crippen LogP contribution in [-0.4, -0.2) is 74.9 Å². The van der Waals surface area contributed by atoms with Crippen LogP contribution in [0.5, 0.6) is 0 Å². The Morgan fingerprint density at radius 3 is 2.18 bits per heavy atom. The van der Waals surface area contributed by atoms with Gasteiger partial charge in [0.05, 0.1) is 12.4 Å². The molecule has 7 N–H and O–H groups in total. The number of nitrogens with zero attached hydrogens (tertiary/aromatic N) is 1. The number of hydrogen-bond acceptors (Lipinski definition) is 7. The van der Waals surface area contributed by atoms with Gasteiger partial charge in [0.1, 0.15) is 18.1 Å². The number of aromatic amines is 1. The minimum Gasteiger partial charge on any atom is -0.480 e. The van der Waals surface area contributed by atoms with E-state index in [1.807, 2.05) is 50.4 Å². The molecule has 4 atom stereocenters. The standard InChI is InChI=1S/C26H38N6O5S/c1-16(2)11-22(26(36)37)32-25(35)21(13-18-14-28-15-29-18)31-24(34)20(9-10-38-3)30-23(33)19(27)12-17-7-5-4-6-8-17/h4-8,14-16,19-22H,9-13,27H2,1-3H3,(H,28,29)(H,30,33)(H,31,34)(H,32,35)(H,36,37). The number of rotatable bonds is 16. The molecule has 208 valence electrons. The van der Waals surface area contributed by atoms with Gasteiger partial charge in [0.2, 0.25) is 17.7 Å². The Hall–Kier alpha value is -3.38. The second-order valence-corrected chi connectivity index (χ2v) is 10.5. The van der Waals surface area contributed by atoms with Crippen molar-refractivity contribution >= 4 is 35.5 Å². The van der Waals surface area contributed by atoms with Crippen molar-refractivity contribution in [2.24, 2.45) is 11.7 Å². The number of amides is 3. The summed E-state index contributed by atoms with van der Waals surface area (Å²) in [5.74, 6) is -2.22. The van der Waals surface area contributed by atoms with Gasteiger partial charge in [-0.05, 0) is 42.8 Å². The van der Waals surface area contributed by atoms with Gasteiger partial charge in [-0.2, -0.15) is 11.8 Å². The topological polar surface area (TPSA) is 179 Å². The van der Waals surface area contributed by atoms with Gasteiger partial charge in [-0.15, -0.1) is 0 Å². The fraction of sp³-hybridized carbons (Fsp3) is 0.500. The highest BCUT2D eigenvalue weighted by Gasteiger charge is 2.31. The summed E-state index contributed by atoms with van der Waals surface area (Å²) in [4.78, 5) is 57.8. The lowest BCUT2D eigenvalue weighted by molar-refractivity contribution is -0.142. The Morgan fingerprint density at radius 1 is 0.974 bits per heavy atom. The van der Waals surface area contributed by atoms with E-state index < -0.39 is 47.9 Å². The summed E-state index contributed by atoms with van der Waals surface area (Å²) in [5.41, 5.74) is 7.58. The smallest absolute Gasteiger partial charge is 0.326 e. The number of carbonyl (C=O) groups is 4. The number of carboxylic acid groups (broad SMARTS) is 1. The first-order valence-corrected chi connectivity index (χ1v) is 13.9. The van der Waals surface area contributed by atoms with Gasteiger partial charge in [0.15, 0.2) is 0 Å². The van der Waals surface area contributed by atoms with Crippen LogP contribution in [-0.2, 0) is 32.0 Å². The summed E-state index contributed by atoms with van der Waals surface area (Å²) in [7, 11) is 0. The molecule has 1 heterocycles. The molecule has 0 fully saturated rings. The summed E-state index contributed by atoms with van der Waals surface area (Å²) in [6, 6.07) is 5.33. The minimum atomic E-state index is -1.16. The minimum absolute atomic E-state index is 0.0308. The van der Waals surface area contributed by atoms with E-state index in [1.165, 1.54) is 24.3 Å². The number of benzene rings is 1. The molecule has 0 aliphatic rings. The Morgan fingerprint density at radius 2 is 1.61 bits per heavy atom. The van der Waals surface area contributed by atoms with Crippen molar-refractivity contribution in [1.29, 1.82) is 0 Å². The lowest BCUT2D eigenvalue weighted by atomic mass is 10.0. The zero-order chi connectivity index (χ0) is 28.1. The number of imidazole rings is 1. The molecule has 2 aromatic rings. The number of H-pyrrole nitrogens is 1. The van der Waals surface area contributed by atoms with Crippen LogP contribution < -0.4 is 21.7 Å². The van der Waals surface area contributed by atoms with Crippen molar-refractivity contribution in [3.05, 3.63) is 54.1 Å². The molecule has 1 aromatic carbocycles. The second-order valence-electron chi connectivity index (χ2n) is 9.51. The van der Waals surface area contributed by atoms with E-state index in [4.69, 9.17) is 5.73 Å². The molecule has 0 radical (unpaired) electrons. The van der Waals surface area contributed by atoms with E-state index in [-0.39, 0.29) is 18.8 Å². The van der Waals surface area contributed by atoms with E-state index in [0.29, 0.717) is 24.3 Å². The highest BCUT2D eigenvalue weighted by Crippen LogP contribution is 2.09. The molecule has 4 unspecified atom stereocenters. The molecule has 0 bridgehead atoms. The van der Waals surface area contributed by atoms with Gasteiger partial charge >= 0.3 is 5.97 Å². The first kappa shape index (κ1) is 30.8. The molecule has 12 heteroatoms. The Labute approximate surface area is 227 Å². The maximum atomic E-state index is 13.3. The third-order valence-electron chi connectivity index (χ3n) is 5.81. The normalized spacial score (nSPS) is 14.2. The number of nitrogens with two attached hydrogens (primary N) is 1. The van der Waals surface area contributed by atoms with Crippen LogP contribution >= 0.6 is 11.8 Å². The molecular weight excluding hydrogens is 508 g/mol. The van der Waals surface area contributed by atoms with E-state index in [1.54, 1.807) is 0 Å². The maximum absolute atomic E-state index is 13.3. The highest BCUT2D eigenvalue weighted by molar-refractivity contribution is 7.98. The van der Waals surface area contributed by atoms with Crippen LogP contribution in [0.1, 0.15) is 37.9 Å². The van der Waals surface area contributed by atoms with Crippen LogP contribution in [0.25, 0.3) is 0 Å². The number of aliphatic carboxylic acids is 1. The monoisotopic (exact) mass is 546 g/mol. The summed E-state index contributed by atoms with van der Waals surface area (Å²) in [6.07, 6.45) is 5.76. The Balaban J connectivity index is 2.15. The van der Waals surface area contributed by atoms with Gasteiger partial charge in [0.25, 0.3) is 0 Å². The fourth-order valence-electron chi connectivity index (χ4n) is 3.81. The van der Waals surface area contributed by atoms with E-state index in [9.17, 15) is 24.3 Å². The number of nitrogens with one attached hydrogen (secondary N) is 4. The van der Waals surface area contributed by atoms with Crippen molar-refractivity contribution in [1.82, 2.24) is 25.9 Å². The van der Waals surface area contributed by atoms with Gasteiger partial charge < -0.3 is 31.8 Å². The number of carboxylic acids is 1. The molecule has 0 saturated carbocycles. The first-order valence-electron chi connectivity index (χ1n) is 12.5. The van der Waals surface area contributed by atoms with Crippen LogP contribution in [0, 0.1) is 5.92 Å². The molecule has 0 saturated heterocycles. The summed E-state index contributed by atoms with van der Waals surface area (Å²) >= 11 is 1.51. The lowest BCUT2D eigenvalue weighted by Crippen LogP contribution is -2.58.